The van der Waals surface area contributed by atoms with E-state index in [2.05, 4.69) is 10.3 Å². The molecule has 0 bridgehead atoms. The van der Waals surface area contributed by atoms with Crippen molar-refractivity contribution in [2.45, 2.75) is 6.54 Å². The normalized spacial score (nSPS) is 10.5. The molecule has 2 aromatic carbocycles. The fraction of sp³-hybridized carbons (Fsp3) is 0.0435. The molecule has 1 amide bonds. The highest BCUT2D eigenvalue weighted by Crippen LogP contribution is 2.25. The molecule has 2 aromatic heterocycles. The van der Waals surface area contributed by atoms with Gasteiger partial charge in [0.1, 0.15) is 17.3 Å². The lowest BCUT2D eigenvalue weighted by Crippen LogP contribution is -2.22. The predicted molar refractivity (Wildman–Crippen MR) is 112 cm³/mol. The number of amides is 1. The van der Waals surface area contributed by atoms with E-state index in [1.807, 2.05) is 29.8 Å². The molecular formula is C23H17FN2O2S. The first-order valence-corrected chi connectivity index (χ1v) is 9.85. The number of halogens is 1. The largest absolute Gasteiger partial charge is 0.457 e. The summed E-state index contributed by atoms with van der Waals surface area (Å²) in [6, 6.07) is 18.6. The molecule has 0 saturated heterocycles. The Labute approximate surface area is 171 Å². The summed E-state index contributed by atoms with van der Waals surface area (Å²) in [6.07, 6.45) is 3.55. The Morgan fingerprint density at radius 2 is 1.86 bits per heavy atom. The second kappa shape index (κ2) is 8.67. The van der Waals surface area contributed by atoms with Gasteiger partial charge in [-0.15, -0.1) is 11.3 Å². The number of carbonyl (C=O) groups is 1. The maximum absolute atomic E-state index is 13.0. The maximum atomic E-state index is 13.0. The molecule has 0 saturated carbocycles. The van der Waals surface area contributed by atoms with Crippen LogP contribution in [0.15, 0.2) is 84.5 Å². The van der Waals surface area contributed by atoms with Crippen molar-refractivity contribution < 1.29 is 13.9 Å². The van der Waals surface area contributed by atoms with Gasteiger partial charge in [-0.1, -0.05) is 12.1 Å². The van der Waals surface area contributed by atoms with Gasteiger partial charge in [-0.2, -0.15) is 0 Å². The van der Waals surface area contributed by atoms with Crippen molar-refractivity contribution in [1.29, 1.82) is 0 Å². The minimum atomic E-state index is -0.330. The number of thiophene rings is 1. The van der Waals surface area contributed by atoms with Crippen LogP contribution in [-0.2, 0) is 6.54 Å². The quantitative estimate of drug-likeness (QED) is 0.450. The molecule has 1 N–H and O–H groups in total. The van der Waals surface area contributed by atoms with Gasteiger partial charge in [0.05, 0.1) is 0 Å². The van der Waals surface area contributed by atoms with Gasteiger partial charge in [0.2, 0.25) is 0 Å². The summed E-state index contributed by atoms with van der Waals surface area (Å²) >= 11 is 1.65. The molecule has 0 aliphatic carbocycles. The van der Waals surface area contributed by atoms with Gasteiger partial charge in [0.25, 0.3) is 5.91 Å². The zero-order valence-electron chi connectivity index (χ0n) is 15.3. The third-order valence-electron chi connectivity index (χ3n) is 4.20. The topological polar surface area (TPSA) is 51.2 Å². The van der Waals surface area contributed by atoms with Crippen LogP contribution in [0.1, 0.15) is 15.9 Å². The van der Waals surface area contributed by atoms with Gasteiger partial charge in [0.15, 0.2) is 0 Å². The number of hydrogen-bond donors (Lipinski definition) is 1. The fourth-order valence-electron chi connectivity index (χ4n) is 2.79. The molecule has 4 aromatic rings. The van der Waals surface area contributed by atoms with Crippen LogP contribution >= 0.6 is 11.3 Å². The lowest BCUT2D eigenvalue weighted by Gasteiger charge is -2.09. The number of hydrogen-bond acceptors (Lipinski definition) is 4. The summed E-state index contributed by atoms with van der Waals surface area (Å²) in [5.74, 6) is 0.463. The molecule has 29 heavy (non-hydrogen) atoms. The van der Waals surface area contributed by atoms with E-state index in [0.717, 1.165) is 16.0 Å². The minimum Gasteiger partial charge on any atom is -0.457 e. The number of nitrogens with one attached hydrogen (secondary N) is 1. The summed E-state index contributed by atoms with van der Waals surface area (Å²) in [4.78, 5) is 17.9. The number of aromatic nitrogens is 1. The van der Waals surface area contributed by atoms with Crippen LogP contribution in [0.5, 0.6) is 11.5 Å². The molecule has 0 atom stereocenters. The van der Waals surface area contributed by atoms with Gasteiger partial charge in [0, 0.05) is 34.9 Å². The molecule has 2 heterocycles. The lowest BCUT2D eigenvalue weighted by molar-refractivity contribution is 0.0950. The average molecular weight is 404 g/mol. The molecule has 0 unspecified atom stereocenters. The smallest absolute Gasteiger partial charge is 0.251 e. The average Bonchev–Trinajstić information content (AvgIpc) is 3.29. The molecule has 0 aliphatic heterocycles. The van der Waals surface area contributed by atoms with Gasteiger partial charge in [-0.3, -0.25) is 9.78 Å². The van der Waals surface area contributed by atoms with Crippen molar-refractivity contribution in [3.63, 3.8) is 0 Å². The van der Waals surface area contributed by atoms with Gasteiger partial charge >= 0.3 is 0 Å². The predicted octanol–water partition coefficient (Wildman–Crippen LogP) is 5.67. The fourth-order valence-corrected chi connectivity index (χ4v) is 3.49. The zero-order valence-corrected chi connectivity index (χ0v) is 16.2. The highest BCUT2D eigenvalue weighted by atomic mass is 32.1. The molecule has 0 fully saturated rings. The number of pyridine rings is 1. The van der Waals surface area contributed by atoms with Crippen LogP contribution < -0.4 is 10.1 Å². The summed E-state index contributed by atoms with van der Waals surface area (Å²) in [5.41, 5.74) is 2.43. The van der Waals surface area contributed by atoms with Crippen LogP contribution in [0.4, 0.5) is 4.39 Å². The van der Waals surface area contributed by atoms with Gasteiger partial charge in [-0.25, -0.2) is 4.39 Å². The molecule has 6 heteroatoms. The Morgan fingerprint density at radius 1 is 1.00 bits per heavy atom. The molecule has 4 nitrogen and oxygen atoms in total. The summed E-state index contributed by atoms with van der Waals surface area (Å²) in [5, 5.41) is 4.92. The Hall–Kier alpha value is -3.51. The van der Waals surface area contributed by atoms with E-state index >= 15 is 0 Å². The first-order chi connectivity index (χ1) is 14.2. The zero-order chi connectivity index (χ0) is 20.1. The number of nitrogens with zero attached hydrogens (tertiary/aromatic N) is 1. The van der Waals surface area contributed by atoms with E-state index < -0.39 is 0 Å². The van der Waals surface area contributed by atoms with Crippen LogP contribution in [-0.4, -0.2) is 10.9 Å². The number of benzene rings is 2. The second-order valence-corrected chi connectivity index (χ2v) is 7.27. The van der Waals surface area contributed by atoms with E-state index in [1.54, 1.807) is 41.8 Å². The molecule has 0 aliphatic rings. The second-order valence-electron chi connectivity index (χ2n) is 6.33. The molecule has 0 radical (unpaired) electrons. The number of carbonyl (C=O) groups excluding carboxylic acids is 1. The Kier molecular flexibility index (Phi) is 5.63. The van der Waals surface area contributed by atoms with Crippen molar-refractivity contribution in [2.75, 3.05) is 0 Å². The Morgan fingerprint density at radius 3 is 2.66 bits per heavy atom. The third kappa shape index (κ3) is 4.86. The van der Waals surface area contributed by atoms with Gasteiger partial charge in [-0.05, 0) is 65.5 Å². The van der Waals surface area contributed by atoms with Crippen molar-refractivity contribution in [3.8, 4) is 21.9 Å². The minimum absolute atomic E-state index is 0.212. The summed E-state index contributed by atoms with van der Waals surface area (Å²) in [7, 11) is 0. The maximum Gasteiger partial charge on any atom is 0.251 e. The summed E-state index contributed by atoms with van der Waals surface area (Å²) < 4.78 is 18.7. The van der Waals surface area contributed by atoms with Gasteiger partial charge < -0.3 is 10.1 Å². The van der Waals surface area contributed by atoms with Crippen molar-refractivity contribution >= 4 is 17.2 Å². The van der Waals surface area contributed by atoms with Crippen LogP contribution in [0, 0.1) is 5.82 Å². The number of ether oxygens (including phenoxy) is 1. The highest BCUT2D eigenvalue weighted by molar-refractivity contribution is 7.13. The van der Waals surface area contributed by atoms with E-state index in [0.29, 0.717) is 23.6 Å². The SMILES string of the molecule is O=C(NCc1cncc(-c2cccs2)c1)c1cccc(Oc2ccc(F)cc2)c1. The van der Waals surface area contributed by atoms with Crippen molar-refractivity contribution in [2.24, 2.45) is 0 Å². The van der Waals surface area contributed by atoms with E-state index in [1.165, 1.54) is 24.3 Å². The standard InChI is InChI=1S/C23H17FN2O2S/c24-19-6-8-20(9-7-19)28-21-4-1-3-17(12-21)23(27)26-14-16-11-18(15-25-13-16)22-5-2-10-29-22/h1-13,15H,14H2,(H,26,27). The Bertz CT molecular complexity index is 1110. The molecule has 4 rings (SSSR count). The lowest BCUT2D eigenvalue weighted by atomic mass is 10.1. The molecular weight excluding hydrogens is 387 g/mol. The molecule has 0 spiro atoms. The third-order valence-corrected chi connectivity index (χ3v) is 5.12. The summed E-state index contributed by atoms with van der Waals surface area (Å²) in [6.45, 7) is 0.369. The Balaban J connectivity index is 1.41. The van der Waals surface area contributed by atoms with Crippen molar-refractivity contribution in [3.05, 3.63) is 101 Å². The highest BCUT2D eigenvalue weighted by Gasteiger charge is 2.08. The van der Waals surface area contributed by atoms with E-state index in [-0.39, 0.29) is 11.7 Å². The van der Waals surface area contributed by atoms with Crippen molar-refractivity contribution in [1.82, 2.24) is 10.3 Å². The first-order valence-electron chi connectivity index (χ1n) is 8.97. The number of rotatable bonds is 6. The first kappa shape index (κ1) is 18.8. The van der Waals surface area contributed by atoms with E-state index in [4.69, 9.17) is 4.74 Å². The van der Waals surface area contributed by atoms with Crippen LogP contribution in [0.25, 0.3) is 10.4 Å². The van der Waals surface area contributed by atoms with E-state index in [9.17, 15) is 9.18 Å². The van der Waals surface area contributed by atoms with Crippen LogP contribution in [0.3, 0.4) is 0 Å². The molecule has 144 valence electrons. The van der Waals surface area contributed by atoms with Crippen LogP contribution in [0.2, 0.25) is 0 Å². The monoisotopic (exact) mass is 404 g/mol.